The average Bonchev–Trinajstić information content (AvgIpc) is 2.70. The van der Waals surface area contributed by atoms with Gasteiger partial charge in [0.1, 0.15) is 23.4 Å². The molecule has 0 aliphatic carbocycles. The summed E-state index contributed by atoms with van der Waals surface area (Å²) in [6.07, 6.45) is 4.19. The third-order valence-electron chi connectivity index (χ3n) is 5.07. The van der Waals surface area contributed by atoms with E-state index in [9.17, 15) is 19.5 Å². The Morgan fingerprint density at radius 2 is 1.68 bits per heavy atom. The van der Waals surface area contributed by atoms with Gasteiger partial charge in [0.15, 0.2) is 0 Å². The first-order valence-corrected chi connectivity index (χ1v) is 12.2. The molecule has 0 spiro atoms. The fourth-order valence-corrected chi connectivity index (χ4v) is 3.58. The molecule has 2 unspecified atom stereocenters. The molecule has 0 saturated heterocycles. The average molecular weight is 478 g/mol. The number of nitrogens with zero attached hydrogens (tertiary/aromatic N) is 1. The molecule has 0 bridgehead atoms. The molecule has 34 heavy (non-hydrogen) atoms. The number of hydrogen-bond donors (Lipinski definition) is 3. The van der Waals surface area contributed by atoms with Crippen molar-refractivity contribution in [2.75, 3.05) is 6.54 Å². The molecular formula is C26H43N3O5. The van der Waals surface area contributed by atoms with Crippen LogP contribution in [-0.4, -0.2) is 52.1 Å². The van der Waals surface area contributed by atoms with Crippen LogP contribution in [0.15, 0.2) is 24.3 Å². The molecule has 192 valence electrons. The lowest BCUT2D eigenvalue weighted by Gasteiger charge is -2.34. The first kappa shape index (κ1) is 29.3. The molecule has 0 fully saturated rings. The Bertz CT molecular complexity index is 804. The maximum atomic E-state index is 13.6. The zero-order chi connectivity index (χ0) is 25.9. The van der Waals surface area contributed by atoms with E-state index in [1.165, 1.54) is 17.0 Å². The minimum absolute atomic E-state index is 0.00937. The van der Waals surface area contributed by atoms with E-state index >= 15 is 0 Å². The second-order valence-electron chi connectivity index (χ2n) is 9.97. The van der Waals surface area contributed by atoms with Crippen molar-refractivity contribution in [3.05, 3.63) is 29.8 Å². The third kappa shape index (κ3) is 10.4. The Balaban J connectivity index is 3.25. The van der Waals surface area contributed by atoms with Crippen LogP contribution in [0.5, 0.6) is 5.75 Å². The molecule has 1 aromatic carbocycles. The predicted molar refractivity (Wildman–Crippen MR) is 133 cm³/mol. The van der Waals surface area contributed by atoms with E-state index in [1.54, 1.807) is 39.8 Å². The second kappa shape index (κ2) is 13.8. The zero-order valence-electron chi connectivity index (χ0n) is 21.8. The number of benzene rings is 1. The van der Waals surface area contributed by atoms with Crippen molar-refractivity contribution in [2.45, 2.75) is 104 Å². The van der Waals surface area contributed by atoms with Crippen LogP contribution in [0.1, 0.15) is 92.2 Å². The molecule has 8 heteroatoms. The van der Waals surface area contributed by atoms with Crippen LogP contribution < -0.4 is 10.6 Å². The standard InChI is InChI=1S/C26H43N3O5/c1-8-9-10-11-12-16-29(24(32)19(4)28-25(33)34-26(5,6)7)22(23(31)27-18(2)3)20-14-13-15-21(30)17-20/h13-15,17-19,22,30H,8-12,16H2,1-7H3,(H,27,31)(H,28,33). The highest BCUT2D eigenvalue weighted by Gasteiger charge is 2.34. The highest BCUT2D eigenvalue weighted by Crippen LogP contribution is 2.26. The number of hydrogen-bond acceptors (Lipinski definition) is 5. The second-order valence-corrected chi connectivity index (χ2v) is 9.97. The molecule has 0 heterocycles. The Hall–Kier alpha value is -2.77. The number of carbonyl (C=O) groups excluding carboxylic acids is 3. The van der Waals surface area contributed by atoms with Gasteiger partial charge in [0, 0.05) is 12.6 Å². The predicted octanol–water partition coefficient (Wildman–Crippen LogP) is 4.67. The monoisotopic (exact) mass is 477 g/mol. The fraction of sp³-hybridized carbons (Fsp3) is 0.654. The first-order valence-electron chi connectivity index (χ1n) is 12.2. The summed E-state index contributed by atoms with van der Waals surface area (Å²) in [7, 11) is 0. The molecule has 0 radical (unpaired) electrons. The summed E-state index contributed by atoms with van der Waals surface area (Å²) in [6.45, 7) is 13.0. The summed E-state index contributed by atoms with van der Waals surface area (Å²) in [6, 6.07) is 4.39. The summed E-state index contributed by atoms with van der Waals surface area (Å²) >= 11 is 0. The smallest absolute Gasteiger partial charge is 0.408 e. The van der Waals surface area contributed by atoms with Crippen molar-refractivity contribution < 1.29 is 24.2 Å². The molecule has 0 aliphatic heterocycles. The van der Waals surface area contributed by atoms with E-state index in [1.807, 2.05) is 13.8 Å². The van der Waals surface area contributed by atoms with E-state index < -0.39 is 29.7 Å². The maximum Gasteiger partial charge on any atom is 0.408 e. The van der Waals surface area contributed by atoms with Crippen LogP contribution in [-0.2, 0) is 14.3 Å². The van der Waals surface area contributed by atoms with E-state index in [2.05, 4.69) is 17.6 Å². The minimum Gasteiger partial charge on any atom is -0.508 e. The largest absolute Gasteiger partial charge is 0.508 e. The molecule has 0 aromatic heterocycles. The van der Waals surface area contributed by atoms with Crippen LogP contribution >= 0.6 is 0 Å². The van der Waals surface area contributed by atoms with E-state index in [-0.39, 0.29) is 17.7 Å². The lowest BCUT2D eigenvalue weighted by molar-refractivity contribution is -0.142. The fourth-order valence-electron chi connectivity index (χ4n) is 3.58. The number of carbonyl (C=O) groups is 3. The lowest BCUT2D eigenvalue weighted by Crippen LogP contribution is -2.52. The number of rotatable bonds is 12. The molecule has 3 N–H and O–H groups in total. The van der Waals surface area contributed by atoms with Gasteiger partial charge in [0.05, 0.1) is 0 Å². The van der Waals surface area contributed by atoms with Crippen LogP contribution in [0.2, 0.25) is 0 Å². The number of ether oxygens (including phenoxy) is 1. The van der Waals surface area contributed by atoms with Crippen LogP contribution in [0.4, 0.5) is 4.79 Å². The Morgan fingerprint density at radius 3 is 2.24 bits per heavy atom. The van der Waals surface area contributed by atoms with Gasteiger partial charge in [0.2, 0.25) is 11.8 Å². The van der Waals surface area contributed by atoms with Gasteiger partial charge in [-0.25, -0.2) is 4.79 Å². The highest BCUT2D eigenvalue weighted by molar-refractivity contribution is 5.92. The molecule has 1 rings (SSSR count). The summed E-state index contributed by atoms with van der Waals surface area (Å²) in [5.74, 6) is -0.726. The molecule has 3 amide bonds. The maximum absolute atomic E-state index is 13.6. The normalized spacial score (nSPS) is 13.2. The van der Waals surface area contributed by atoms with E-state index in [4.69, 9.17) is 4.74 Å². The van der Waals surface area contributed by atoms with Crippen molar-refractivity contribution in [2.24, 2.45) is 0 Å². The van der Waals surface area contributed by atoms with Gasteiger partial charge in [0.25, 0.3) is 0 Å². The summed E-state index contributed by atoms with van der Waals surface area (Å²) in [5, 5.41) is 15.5. The summed E-state index contributed by atoms with van der Waals surface area (Å²) in [5.41, 5.74) is -0.197. The van der Waals surface area contributed by atoms with Crippen LogP contribution in [0.3, 0.4) is 0 Å². The van der Waals surface area contributed by atoms with Crippen molar-refractivity contribution in [1.29, 1.82) is 0 Å². The minimum atomic E-state index is -0.948. The van der Waals surface area contributed by atoms with Gasteiger partial charge >= 0.3 is 6.09 Å². The van der Waals surface area contributed by atoms with Crippen molar-refractivity contribution in [3.8, 4) is 5.75 Å². The molecule has 8 nitrogen and oxygen atoms in total. The highest BCUT2D eigenvalue weighted by atomic mass is 16.6. The van der Waals surface area contributed by atoms with E-state index in [0.717, 1.165) is 32.1 Å². The number of phenolic OH excluding ortho intramolecular Hbond substituents is 1. The number of unbranched alkanes of at least 4 members (excludes halogenated alkanes) is 4. The number of nitrogens with one attached hydrogen (secondary N) is 2. The Labute approximate surface area is 204 Å². The Morgan fingerprint density at radius 1 is 1.03 bits per heavy atom. The van der Waals surface area contributed by atoms with Crippen LogP contribution in [0, 0.1) is 0 Å². The van der Waals surface area contributed by atoms with Crippen LogP contribution in [0.25, 0.3) is 0 Å². The summed E-state index contributed by atoms with van der Waals surface area (Å²) < 4.78 is 5.29. The number of phenols is 1. The SMILES string of the molecule is CCCCCCCN(C(=O)C(C)NC(=O)OC(C)(C)C)C(C(=O)NC(C)C)c1cccc(O)c1. The van der Waals surface area contributed by atoms with Crippen molar-refractivity contribution >= 4 is 17.9 Å². The number of aromatic hydroxyl groups is 1. The van der Waals surface area contributed by atoms with Gasteiger partial charge in [-0.15, -0.1) is 0 Å². The van der Waals surface area contributed by atoms with Crippen molar-refractivity contribution in [3.63, 3.8) is 0 Å². The van der Waals surface area contributed by atoms with Gasteiger partial charge in [-0.05, 0) is 65.7 Å². The third-order valence-corrected chi connectivity index (χ3v) is 5.07. The quantitative estimate of drug-likeness (QED) is 0.379. The first-order chi connectivity index (χ1) is 15.9. The number of amides is 3. The van der Waals surface area contributed by atoms with Gasteiger partial charge in [-0.1, -0.05) is 44.7 Å². The van der Waals surface area contributed by atoms with Gasteiger partial charge in [-0.3, -0.25) is 9.59 Å². The van der Waals surface area contributed by atoms with Gasteiger partial charge in [-0.2, -0.15) is 0 Å². The lowest BCUT2D eigenvalue weighted by atomic mass is 10.0. The molecule has 2 atom stereocenters. The zero-order valence-corrected chi connectivity index (χ0v) is 21.8. The van der Waals surface area contributed by atoms with E-state index in [0.29, 0.717) is 12.1 Å². The topological polar surface area (TPSA) is 108 Å². The summed E-state index contributed by atoms with van der Waals surface area (Å²) in [4.78, 5) is 40.6. The molecule has 0 aliphatic rings. The van der Waals surface area contributed by atoms with Crippen molar-refractivity contribution in [1.82, 2.24) is 15.5 Å². The molecule has 1 aromatic rings. The Kier molecular flexibility index (Phi) is 11.9. The molecular weight excluding hydrogens is 434 g/mol. The molecule has 0 saturated carbocycles. The number of alkyl carbamates (subject to hydrolysis) is 1. The van der Waals surface area contributed by atoms with Gasteiger partial charge < -0.3 is 25.4 Å².